The van der Waals surface area contributed by atoms with Crippen LogP contribution in [-0.2, 0) is 4.74 Å². The number of amides is 2. The Bertz CT molecular complexity index is 733. The number of oxazole rings is 1. The molecule has 7 heteroatoms. The van der Waals surface area contributed by atoms with E-state index in [4.69, 9.17) is 9.15 Å². The van der Waals surface area contributed by atoms with E-state index in [2.05, 4.69) is 20.5 Å². The molecule has 2 fully saturated rings. The number of urea groups is 1. The second-order valence-electron chi connectivity index (χ2n) is 6.71. The predicted molar refractivity (Wildman–Crippen MR) is 96.1 cm³/mol. The molecule has 134 valence electrons. The van der Waals surface area contributed by atoms with Gasteiger partial charge in [0.2, 0.25) is 0 Å². The van der Waals surface area contributed by atoms with Gasteiger partial charge in [-0.15, -0.1) is 0 Å². The first kappa shape index (κ1) is 16.2. The van der Waals surface area contributed by atoms with Gasteiger partial charge in [0.25, 0.3) is 6.01 Å². The molecule has 2 aliphatic rings. The molecule has 2 aromatic rings. The molecule has 25 heavy (non-hydrogen) atoms. The summed E-state index contributed by atoms with van der Waals surface area (Å²) in [5.41, 5.74) is 2.18. The van der Waals surface area contributed by atoms with E-state index in [0.717, 1.165) is 31.4 Å². The maximum atomic E-state index is 12.2. The average Bonchev–Trinajstić information content (AvgIpc) is 3.06. The number of aromatic nitrogens is 1. The molecule has 1 saturated heterocycles. The average molecular weight is 344 g/mol. The molecule has 1 aromatic heterocycles. The SMILES string of the molecule is O=C(Nc1ccc2nc(N3CCOCC3)oc2c1)NC1CCCCC1. The molecule has 2 heterocycles. The topological polar surface area (TPSA) is 79.6 Å². The predicted octanol–water partition coefficient (Wildman–Crippen LogP) is 3.12. The molecule has 0 bridgehead atoms. The van der Waals surface area contributed by atoms with Crippen molar-refractivity contribution in [3.05, 3.63) is 18.2 Å². The largest absolute Gasteiger partial charge is 0.423 e. The van der Waals surface area contributed by atoms with Gasteiger partial charge in [-0.2, -0.15) is 4.98 Å². The third-order valence-electron chi connectivity index (χ3n) is 4.86. The Labute approximate surface area is 146 Å². The number of ether oxygens (including phenoxy) is 1. The minimum absolute atomic E-state index is 0.154. The molecular formula is C18H24N4O3. The molecule has 2 N–H and O–H groups in total. The quantitative estimate of drug-likeness (QED) is 0.894. The highest BCUT2D eigenvalue weighted by molar-refractivity contribution is 5.91. The van der Waals surface area contributed by atoms with Crippen molar-refractivity contribution in [3.63, 3.8) is 0 Å². The summed E-state index contributed by atoms with van der Waals surface area (Å²) in [6.45, 7) is 2.93. The molecule has 1 aliphatic carbocycles. The number of hydrogen-bond acceptors (Lipinski definition) is 5. The fraction of sp³-hybridized carbons (Fsp3) is 0.556. The van der Waals surface area contributed by atoms with Crippen LogP contribution in [0.25, 0.3) is 11.1 Å². The zero-order chi connectivity index (χ0) is 17.1. The standard InChI is InChI=1S/C18H24N4O3/c23-17(19-13-4-2-1-3-5-13)20-14-6-7-15-16(12-14)25-18(21-15)22-8-10-24-11-9-22/h6-7,12-13H,1-5,8-11H2,(H2,19,20,23). The van der Waals surface area contributed by atoms with Crippen LogP contribution in [0.5, 0.6) is 0 Å². The molecule has 1 saturated carbocycles. The van der Waals surface area contributed by atoms with Crippen LogP contribution < -0.4 is 15.5 Å². The number of benzene rings is 1. The van der Waals surface area contributed by atoms with Crippen LogP contribution in [0.2, 0.25) is 0 Å². The summed E-state index contributed by atoms with van der Waals surface area (Å²) in [5, 5.41) is 5.95. The van der Waals surface area contributed by atoms with Crippen LogP contribution in [0.1, 0.15) is 32.1 Å². The smallest absolute Gasteiger partial charge is 0.319 e. The minimum atomic E-state index is -0.154. The van der Waals surface area contributed by atoms with E-state index in [9.17, 15) is 4.79 Å². The summed E-state index contributed by atoms with van der Waals surface area (Å²) in [4.78, 5) is 18.8. The summed E-state index contributed by atoms with van der Waals surface area (Å²) in [6.07, 6.45) is 5.79. The summed E-state index contributed by atoms with van der Waals surface area (Å²) in [5.74, 6) is 0. The number of morpholine rings is 1. The van der Waals surface area contributed by atoms with Crippen LogP contribution in [0, 0.1) is 0 Å². The zero-order valence-corrected chi connectivity index (χ0v) is 14.3. The summed E-state index contributed by atoms with van der Waals surface area (Å²) in [6, 6.07) is 6.30. The molecule has 7 nitrogen and oxygen atoms in total. The molecule has 0 radical (unpaired) electrons. The Morgan fingerprint density at radius 2 is 1.96 bits per heavy atom. The normalized spacial score (nSPS) is 19.1. The van der Waals surface area contributed by atoms with Crippen molar-refractivity contribution in [2.45, 2.75) is 38.1 Å². The van der Waals surface area contributed by atoms with E-state index < -0.39 is 0 Å². The van der Waals surface area contributed by atoms with Crippen LogP contribution in [0.15, 0.2) is 22.6 Å². The summed E-state index contributed by atoms with van der Waals surface area (Å²) in [7, 11) is 0. The van der Waals surface area contributed by atoms with E-state index in [-0.39, 0.29) is 12.1 Å². The van der Waals surface area contributed by atoms with Crippen LogP contribution in [-0.4, -0.2) is 43.4 Å². The fourth-order valence-corrected chi connectivity index (χ4v) is 3.48. The summed E-state index contributed by atoms with van der Waals surface area (Å²) < 4.78 is 11.2. The molecule has 0 spiro atoms. The van der Waals surface area contributed by atoms with Gasteiger partial charge in [0.1, 0.15) is 5.52 Å². The van der Waals surface area contributed by atoms with Gasteiger partial charge >= 0.3 is 6.03 Å². The van der Waals surface area contributed by atoms with Crippen molar-refractivity contribution in [2.75, 3.05) is 36.5 Å². The van der Waals surface area contributed by atoms with E-state index >= 15 is 0 Å². The highest BCUT2D eigenvalue weighted by Crippen LogP contribution is 2.25. The number of carbonyl (C=O) groups is 1. The van der Waals surface area contributed by atoms with Gasteiger partial charge < -0.3 is 24.7 Å². The first-order chi connectivity index (χ1) is 12.3. The monoisotopic (exact) mass is 344 g/mol. The number of hydrogen-bond donors (Lipinski definition) is 2. The molecule has 1 aromatic carbocycles. The zero-order valence-electron chi connectivity index (χ0n) is 14.3. The number of nitrogens with zero attached hydrogens (tertiary/aromatic N) is 2. The van der Waals surface area contributed by atoms with E-state index in [1.807, 2.05) is 18.2 Å². The van der Waals surface area contributed by atoms with Gasteiger partial charge in [0.15, 0.2) is 5.58 Å². The lowest BCUT2D eigenvalue weighted by Gasteiger charge is -2.24. The Morgan fingerprint density at radius 1 is 1.16 bits per heavy atom. The highest BCUT2D eigenvalue weighted by atomic mass is 16.5. The van der Waals surface area contributed by atoms with Gasteiger partial charge in [-0.25, -0.2) is 4.79 Å². The van der Waals surface area contributed by atoms with Crippen molar-refractivity contribution in [1.29, 1.82) is 0 Å². The lowest BCUT2D eigenvalue weighted by atomic mass is 9.96. The van der Waals surface area contributed by atoms with Gasteiger partial charge in [0.05, 0.1) is 13.2 Å². The Balaban J connectivity index is 1.42. The molecular weight excluding hydrogens is 320 g/mol. The number of fused-ring (bicyclic) bond motifs is 1. The number of rotatable bonds is 3. The van der Waals surface area contributed by atoms with Crippen molar-refractivity contribution in [1.82, 2.24) is 10.3 Å². The lowest BCUT2D eigenvalue weighted by Crippen LogP contribution is -2.38. The molecule has 0 unspecified atom stereocenters. The van der Waals surface area contributed by atoms with Gasteiger partial charge in [0, 0.05) is 30.9 Å². The van der Waals surface area contributed by atoms with E-state index in [1.165, 1.54) is 19.3 Å². The van der Waals surface area contributed by atoms with Gasteiger partial charge in [-0.3, -0.25) is 0 Å². The van der Waals surface area contributed by atoms with Crippen molar-refractivity contribution >= 4 is 28.8 Å². The number of carbonyl (C=O) groups excluding carboxylic acids is 1. The minimum Gasteiger partial charge on any atom is -0.423 e. The van der Waals surface area contributed by atoms with Crippen LogP contribution in [0.3, 0.4) is 0 Å². The second kappa shape index (κ2) is 7.31. The Morgan fingerprint density at radius 3 is 2.76 bits per heavy atom. The van der Waals surface area contributed by atoms with E-state index in [0.29, 0.717) is 30.5 Å². The molecule has 1 aliphatic heterocycles. The maximum absolute atomic E-state index is 12.2. The Kier molecular flexibility index (Phi) is 4.74. The molecule has 0 atom stereocenters. The van der Waals surface area contributed by atoms with Crippen LogP contribution >= 0.6 is 0 Å². The molecule has 2 amide bonds. The first-order valence-corrected chi connectivity index (χ1v) is 9.09. The third kappa shape index (κ3) is 3.87. The fourth-order valence-electron chi connectivity index (χ4n) is 3.48. The molecule has 4 rings (SSSR count). The number of nitrogens with one attached hydrogen (secondary N) is 2. The van der Waals surface area contributed by atoms with Crippen molar-refractivity contribution in [2.24, 2.45) is 0 Å². The second-order valence-corrected chi connectivity index (χ2v) is 6.71. The Hall–Kier alpha value is -2.28. The van der Waals surface area contributed by atoms with Crippen LogP contribution in [0.4, 0.5) is 16.5 Å². The maximum Gasteiger partial charge on any atom is 0.319 e. The van der Waals surface area contributed by atoms with Crippen molar-refractivity contribution < 1.29 is 13.9 Å². The van der Waals surface area contributed by atoms with Gasteiger partial charge in [-0.05, 0) is 25.0 Å². The highest BCUT2D eigenvalue weighted by Gasteiger charge is 2.18. The van der Waals surface area contributed by atoms with E-state index in [1.54, 1.807) is 0 Å². The lowest BCUT2D eigenvalue weighted by molar-refractivity contribution is 0.120. The first-order valence-electron chi connectivity index (χ1n) is 9.09. The number of anilines is 2. The van der Waals surface area contributed by atoms with Crippen molar-refractivity contribution in [3.8, 4) is 0 Å². The van der Waals surface area contributed by atoms with Gasteiger partial charge in [-0.1, -0.05) is 19.3 Å². The third-order valence-corrected chi connectivity index (χ3v) is 4.86. The summed E-state index contributed by atoms with van der Waals surface area (Å²) >= 11 is 0.